The Morgan fingerprint density at radius 2 is 0.525 bits per heavy atom. The van der Waals surface area contributed by atoms with E-state index in [1.165, 1.54) is 111 Å². The molecule has 0 unspecified atom stereocenters. The number of furan rings is 1. The lowest BCUT2D eigenvalue weighted by Crippen LogP contribution is -2.26. The van der Waals surface area contributed by atoms with Gasteiger partial charge in [0.2, 0.25) is 0 Å². The minimum atomic E-state index is -0.676. The molecule has 1 heterocycles. The molecular formula is C117H112N4O. The fraction of sp³-hybridized carbons (Fsp3) is 0.214. The van der Waals surface area contributed by atoms with Crippen molar-refractivity contribution in [1.29, 1.82) is 0 Å². The van der Waals surface area contributed by atoms with E-state index in [-0.39, 0.29) is 32.5 Å². The van der Waals surface area contributed by atoms with Crippen LogP contribution in [0.25, 0.3) is 65.7 Å². The van der Waals surface area contributed by atoms with E-state index >= 15 is 0 Å². The van der Waals surface area contributed by atoms with Crippen LogP contribution < -0.4 is 19.6 Å². The molecule has 5 nitrogen and oxygen atoms in total. The molecule has 122 heavy (non-hydrogen) atoms. The summed E-state index contributed by atoms with van der Waals surface area (Å²) in [6, 6.07) is 131. The zero-order chi connectivity index (χ0) is 85.2. The Morgan fingerprint density at radius 3 is 0.893 bits per heavy atom. The highest BCUT2D eigenvalue weighted by Gasteiger charge is 2.53. The minimum Gasteiger partial charge on any atom is -0.454 e. The van der Waals surface area contributed by atoms with Crippen molar-refractivity contribution >= 4 is 112 Å². The third kappa shape index (κ3) is 14.2. The summed E-state index contributed by atoms with van der Waals surface area (Å²) in [5.74, 6) is 0. The largest absolute Gasteiger partial charge is 0.454 e. The first-order chi connectivity index (χ1) is 58.3. The van der Waals surface area contributed by atoms with Crippen LogP contribution in [-0.2, 0) is 37.9 Å². The minimum absolute atomic E-state index is 0.00110. The highest BCUT2D eigenvalue weighted by molar-refractivity contribution is 6.24. The number of rotatable bonds is 12. The van der Waals surface area contributed by atoms with Crippen molar-refractivity contribution in [3.8, 4) is 22.3 Å². The summed E-state index contributed by atoms with van der Waals surface area (Å²) in [5.41, 5.74) is 32.4. The first kappa shape index (κ1) is 80.1. The quantitative estimate of drug-likeness (QED) is 0.0897. The van der Waals surface area contributed by atoms with E-state index in [0.717, 1.165) is 78.8 Å². The summed E-state index contributed by atoms with van der Waals surface area (Å²) < 4.78 is 7.29. The zero-order valence-corrected chi connectivity index (χ0v) is 74.2. The van der Waals surface area contributed by atoms with E-state index in [1.54, 1.807) is 0 Å². The van der Waals surface area contributed by atoms with E-state index in [2.05, 4.69) is 496 Å². The average Bonchev–Trinajstić information content (AvgIpc) is 1.49. The SMILES string of the molecule is CC(C)(C)c1ccc(N(c2ccc(C(C)(C)C)cc2)c2ccc3c(c2)C2(c4ccccc4-c4ccccc42)c2cc(N(c4ccc(C(C)(C)C)cc4)c4ccc(C(C)(C)C)cc4)c4oc5ccccc5c4c2-3)cc1.CC(C)(C)c1ccc2c(N(c3ccccc3)c3ccccc3)c3cc(C(C)(C)C)ccc3c(N(c3ccccc3)c3ccccc3)c2c1. The van der Waals surface area contributed by atoms with Gasteiger partial charge in [0.25, 0.3) is 0 Å². The van der Waals surface area contributed by atoms with Gasteiger partial charge in [-0.2, -0.15) is 0 Å². The summed E-state index contributed by atoms with van der Waals surface area (Å²) in [6.45, 7) is 41.3. The van der Waals surface area contributed by atoms with Gasteiger partial charge < -0.3 is 24.0 Å². The van der Waals surface area contributed by atoms with Gasteiger partial charge >= 0.3 is 0 Å². The highest BCUT2D eigenvalue weighted by Crippen LogP contribution is 2.67. The van der Waals surface area contributed by atoms with Crippen LogP contribution in [0.3, 0.4) is 0 Å². The van der Waals surface area contributed by atoms with Crippen LogP contribution in [0.5, 0.6) is 0 Å². The Kier molecular flexibility index (Phi) is 19.9. The smallest absolute Gasteiger partial charge is 0.160 e. The number of fused-ring (bicyclic) bond motifs is 16. The Bertz CT molecular complexity index is 6360. The molecule has 5 heteroatoms. The van der Waals surface area contributed by atoms with Gasteiger partial charge in [0.1, 0.15) is 5.58 Å². The van der Waals surface area contributed by atoms with Gasteiger partial charge in [-0.15, -0.1) is 0 Å². The molecule has 0 atom stereocenters. The molecule has 0 N–H and O–H groups in total. The van der Waals surface area contributed by atoms with E-state index < -0.39 is 5.41 Å². The molecule has 0 radical (unpaired) electrons. The monoisotopic (exact) mass is 1590 g/mol. The predicted molar refractivity (Wildman–Crippen MR) is 522 cm³/mol. The lowest BCUT2D eigenvalue weighted by molar-refractivity contribution is 0.590. The van der Waals surface area contributed by atoms with E-state index in [9.17, 15) is 0 Å². The number of hydrogen-bond acceptors (Lipinski definition) is 5. The number of anilines is 12. The highest BCUT2D eigenvalue weighted by atomic mass is 16.3. The third-order valence-corrected chi connectivity index (χ3v) is 25.4. The average molecular weight is 1590 g/mol. The lowest BCUT2D eigenvalue weighted by Gasteiger charge is -2.34. The van der Waals surface area contributed by atoms with Gasteiger partial charge in [-0.3, -0.25) is 0 Å². The number of nitrogens with zero attached hydrogens (tertiary/aromatic N) is 4. The number of benzene rings is 16. The van der Waals surface area contributed by atoms with Gasteiger partial charge in [0.05, 0.1) is 22.5 Å². The number of para-hydroxylation sites is 5. The normalized spacial score (nSPS) is 13.1. The zero-order valence-electron chi connectivity index (χ0n) is 74.2. The van der Waals surface area contributed by atoms with E-state index in [1.807, 2.05) is 0 Å². The molecule has 0 fully saturated rings. The van der Waals surface area contributed by atoms with Crippen LogP contribution in [0, 0.1) is 0 Å². The molecule has 2 aliphatic carbocycles. The molecule has 2 aliphatic rings. The van der Waals surface area contributed by atoms with Crippen molar-refractivity contribution in [3.63, 3.8) is 0 Å². The second-order valence-corrected chi connectivity index (χ2v) is 39.8. The van der Waals surface area contributed by atoms with Gasteiger partial charge in [-0.1, -0.05) is 343 Å². The van der Waals surface area contributed by atoms with Gasteiger partial charge in [-0.05, 0) is 244 Å². The fourth-order valence-electron chi connectivity index (χ4n) is 18.8. The molecular weight excluding hydrogens is 1480 g/mol. The van der Waals surface area contributed by atoms with Crippen molar-refractivity contribution in [2.24, 2.45) is 0 Å². The fourth-order valence-corrected chi connectivity index (χ4v) is 18.8. The van der Waals surface area contributed by atoms with Crippen molar-refractivity contribution in [2.75, 3.05) is 19.6 Å². The van der Waals surface area contributed by atoms with Gasteiger partial charge in [-0.25, -0.2) is 0 Å². The summed E-state index contributed by atoms with van der Waals surface area (Å²) in [7, 11) is 0. The molecule has 19 rings (SSSR count). The summed E-state index contributed by atoms with van der Waals surface area (Å²) in [5, 5.41) is 7.10. The first-order valence-electron chi connectivity index (χ1n) is 43.5. The molecule has 0 amide bonds. The lowest BCUT2D eigenvalue weighted by atomic mass is 9.70. The van der Waals surface area contributed by atoms with Crippen molar-refractivity contribution in [3.05, 3.63) is 407 Å². The van der Waals surface area contributed by atoms with E-state index in [0.29, 0.717) is 0 Å². The molecule has 0 bridgehead atoms. The van der Waals surface area contributed by atoms with Crippen molar-refractivity contribution < 1.29 is 4.42 Å². The maximum atomic E-state index is 7.29. The van der Waals surface area contributed by atoms with Crippen LogP contribution >= 0.6 is 0 Å². The molecule has 17 aromatic rings. The van der Waals surface area contributed by atoms with Crippen LogP contribution in [0.15, 0.2) is 356 Å². The standard InChI is InChI=1S/C71H68N2O.C46H44N2/c1-67(2,3)45-25-33-49(34-26-45)72(50-35-27-46(28-36-50)68(4,5)6)53-41-42-56-60(43-53)71(58-22-16-13-19-54(58)55-20-14-17-23-59(55)71)61-44-62(66-65(64(56)61)57-21-15-18-24-63(57)74-66)73(51-37-29-47(30-38-51)69(7,8)9)52-39-31-48(32-40-52)70(10,11)12;1-45(2,3)33-27-29-39-41(31-33)43(47(35-19-11-7-12-20-35)36-21-13-8-14-22-36)40-30-28-34(46(4,5)6)32-42(40)44(39)48(37-23-15-9-16-24-37)38-25-17-10-18-26-38/h13-44H,1-12H3;7-32H,1-6H3. The van der Waals surface area contributed by atoms with Gasteiger partial charge in [0, 0.05) is 83.5 Å². The van der Waals surface area contributed by atoms with E-state index in [4.69, 9.17) is 4.42 Å². The van der Waals surface area contributed by atoms with Crippen LogP contribution in [0.4, 0.5) is 68.2 Å². The van der Waals surface area contributed by atoms with Crippen LogP contribution in [-0.4, -0.2) is 0 Å². The first-order valence-corrected chi connectivity index (χ1v) is 43.5. The van der Waals surface area contributed by atoms with Crippen molar-refractivity contribution in [2.45, 2.75) is 163 Å². The second kappa shape index (κ2) is 30.3. The second-order valence-electron chi connectivity index (χ2n) is 39.8. The Labute approximate surface area is 723 Å². The van der Waals surface area contributed by atoms with Crippen LogP contribution in [0.2, 0.25) is 0 Å². The molecule has 0 saturated heterocycles. The topological polar surface area (TPSA) is 26.1 Å². The Hall–Kier alpha value is -13.0. The maximum Gasteiger partial charge on any atom is 0.160 e. The predicted octanol–water partition coefficient (Wildman–Crippen LogP) is 33.6. The number of hydrogen-bond donors (Lipinski definition) is 0. The molecule has 0 saturated carbocycles. The maximum absolute atomic E-state index is 7.29. The molecule has 16 aromatic carbocycles. The Balaban J connectivity index is 0.000000183. The van der Waals surface area contributed by atoms with Crippen molar-refractivity contribution in [1.82, 2.24) is 0 Å². The summed E-state index contributed by atoms with van der Waals surface area (Å²) in [4.78, 5) is 9.81. The molecule has 606 valence electrons. The summed E-state index contributed by atoms with van der Waals surface area (Å²) >= 11 is 0. The summed E-state index contributed by atoms with van der Waals surface area (Å²) in [6.07, 6.45) is 0. The van der Waals surface area contributed by atoms with Crippen LogP contribution in [0.1, 0.15) is 180 Å². The molecule has 1 aromatic heterocycles. The third-order valence-electron chi connectivity index (χ3n) is 25.4. The molecule has 1 spiro atoms. The Morgan fingerprint density at radius 1 is 0.213 bits per heavy atom. The van der Waals surface area contributed by atoms with Gasteiger partial charge in [0.15, 0.2) is 5.58 Å². The molecule has 0 aliphatic heterocycles.